The van der Waals surface area contributed by atoms with Crippen molar-refractivity contribution in [2.45, 2.75) is 0 Å². The molecule has 3 rings (SSSR count). The van der Waals surface area contributed by atoms with Crippen molar-refractivity contribution < 1.29 is 14.3 Å². The topological polar surface area (TPSA) is 73.3 Å². The SMILES string of the molecule is O=C(COc1ccc(Cl)cc1)Nc1cnc(Oc2ccccc2)nc1. The van der Waals surface area contributed by atoms with E-state index in [-0.39, 0.29) is 18.5 Å². The molecule has 0 saturated carbocycles. The van der Waals surface area contributed by atoms with Gasteiger partial charge in [-0.05, 0) is 36.4 Å². The van der Waals surface area contributed by atoms with Gasteiger partial charge in [0.05, 0.1) is 18.1 Å². The summed E-state index contributed by atoms with van der Waals surface area (Å²) >= 11 is 5.79. The van der Waals surface area contributed by atoms with Crippen molar-refractivity contribution in [3.63, 3.8) is 0 Å². The predicted octanol–water partition coefficient (Wildman–Crippen LogP) is 3.94. The number of hydrogen-bond donors (Lipinski definition) is 1. The van der Waals surface area contributed by atoms with Crippen LogP contribution < -0.4 is 14.8 Å². The van der Waals surface area contributed by atoms with E-state index in [1.54, 1.807) is 36.4 Å². The van der Waals surface area contributed by atoms with Crippen LogP contribution in [-0.2, 0) is 4.79 Å². The molecule has 0 aliphatic heterocycles. The summed E-state index contributed by atoms with van der Waals surface area (Å²) in [6, 6.07) is 16.1. The minimum Gasteiger partial charge on any atom is -0.484 e. The van der Waals surface area contributed by atoms with E-state index in [1.165, 1.54) is 12.4 Å². The highest BCUT2D eigenvalue weighted by Crippen LogP contribution is 2.17. The van der Waals surface area contributed by atoms with Crippen molar-refractivity contribution >= 4 is 23.2 Å². The van der Waals surface area contributed by atoms with Gasteiger partial charge in [0.1, 0.15) is 11.5 Å². The van der Waals surface area contributed by atoms with Crippen molar-refractivity contribution in [1.82, 2.24) is 9.97 Å². The van der Waals surface area contributed by atoms with Gasteiger partial charge in [0.25, 0.3) is 5.91 Å². The molecule has 1 N–H and O–H groups in total. The average molecular weight is 356 g/mol. The summed E-state index contributed by atoms with van der Waals surface area (Å²) in [5.74, 6) is 0.869. The molecule has 1 heterocycles. The Balaban J connectivity index is 1.50. The predicted molar refractivity (Wildman–Crippen MR) is 94.1 cm³/mol. The zero-order valence-corrected chi connectivity index (χ0v) is 13.8. The highest BCUT2D eigenvalue weighted by atomic mass is 35.5. The maximum Gasteiger partial charge on any atom is 0.322 e. The van der Waals surface area contributed by atoms with Gasteiger partial charge in [-0.2, -0.15) is 0 Å². The Labute approximate surface area is 149 Å². The molecule has 1 amide bonds. The summed E-state index contributed by atoms with van der Waals surface area (Å²) in [5, 5.41) is 3.25. The number of carbonyl (C=O) groups is 1. The standard InChI is InChI=1S/C18H14ClN3O3/c19-13-6-8-15(9-7-13)24-12-17(23)22-14-10-20-18(21-11-14)25-16-4-2-1-3-5-16/h1-11H,12H2,(H,22,23). The Morgan fingerprint density at radius 3 is 2.32 bits per heavy atom. The summed E-state index contributed by atoms with van der Waals surface area (Å²) in [4.78, 5) is 20.0. The highest BCUT2D eigenvalue weighted by Gasteiger charge is 2.06. The number of anilines is 1. The summed E-state index contributed by atoms with van der Waals surface area (Å²) in [7, 11) is 0. The van der Waals surface area contributed by atoms with Crippen LogP contribution in [0.15, 0.2) is 67.0 Å². The van der Waals surface area contributed by atoms with Crippen molar-refractivity contribution in [2.75, 3.05) is 11.9 Å². The molecular weight excluding hydrogens is 342 g/mol. The van der Waals surface area contributed by atoms with E-state index in [2.05, 4.69) is 15.3 Å². The Morgan fingerprint density at radius 1 is 0.960 bits per heavy atom. The first-order valence-electron chi connectivity index (χ1n) is 7.42. The third kappa shape index (κ3) is 5.19. The second-order valence-electron chi connectivity index (χ2n) is 4.96. The Hall–Kier alpha value is -3.12. The smallest absolute Gasteiger partial charge is 0.322 e. The van der Waals surface area contributed by atoms with Crippen LogP contribution in [-0.4, -0.2) is 22.5 Å². The monoisotopic (exact) mass is 355 g/mol. The van der Waals surface area contributed by atoms with Gasteiger partial charge < -0.3 is 14.8 Å². The number of ether oxygens (including phenoxy) is 2. The number of rotatable bonds is 6. The van der Waals surface area contributed by atoms with Gasteiger partial charge in [0.2, 0.25) is 0 Å². The number of nitrogens with zero attached hydrogens (tertiary/aromatic N) is 2. The molecule has 7 heteroatoms. The Kier molecular flexibility index (Phi) is 5.43. The van der Waals surface area contributed by atoms with Gasteiger partial charge in [-0.1, -0.05) is 29.8 Å². The van der Waals surface area contributed by atoms with Crippen molar-refractivity contribution in [1.29, 1.82) is 0 Å². The fourth-order valence-electron chi connectivity index (χ4n) is 1.90. The van der Waals surface area contributed by atoms with E-state index in [1.807, 2.05) is 18.2 Å². The number of nitrogens with one attached hydrogen (secondary N) is 1. The molecule has 0 spiro atoms. The molecule has 0 fully saturated rings. The first-order chi connectivity index (χ1) is 12.2. The molecule has 25 heavy (non-hydrogen) atoms. The number of carbonyl (C=O) groups excluding carboxylic acids is 1. The van der Waals surface area contributed by atoms with Crippen LogP contribution >= 0.6 is 11.6 Å². The van der Waals surface area contributed by atoms with Crippen LogP contribution in [0.1, 0.15) is 0 Å². The maximum atomic E-state index is 11.9. The van der Waals surface area contributed by atoms with Crippen molar-refractivity contribution in [3.05, 3.63) is 72.0 Å². The zero-order valence-electron chi connectivity index (χ0n) is 13.1. The fraction of sp³-hybridized carbons (Fsp3) is 0.0556. The lowest BCUT2D eigenvalue weighted by atomic mass is 10.3. The Bertz CT molecular complexity index is 824. The lowest BCUT2D eigenvalue weighted by molar-refractivity contribution is -0.118. The molecule has 0 bridgehead atoms. The molecule has 2 aromatic carbocycles. The van der Waals surface area contributed by atoms with Gasteiger partial charge in [0.15, 0.2) is 6.61 Å². The summed E-state index contributed by atoms with van der Waals surface area (Å²) < 4.78 is 10.8. The first kappa shape index (κ1) is 16.7. The number of hydrogen-bond acceptors (Lipinski definition) is 5. The lowest BCUT2D eigenvalue weighted by Gasteiger charge is -2.08. The van der Waals surface area contributed by atoms with E-state index in [0.29, 0.717) is 22.2 Å². The minimum atomic E-state index is -0.324. The van der Waals surface area contributed by atoms with Crippen LogP contribution in [0.5, 0.6) is 17.5 Å². The van der Waals surface area contributed by atoms with Gasteiger partial charge in [0, 0.05) is 5.02 Å². The second-order valence-corrected chi connectivity index (χ2v) is 5.40. The number of benzene rings is 2. The summed E-state index contributed by atoms with van der Waals surface area (Å²) in [6.45, 7) is -0.135. The molecule has 0 radical (unpaired) electrons. The van der Waals surface area contributed by atoms with Crippen molar-refractivity contribution in [3.8, 4) is 17.5 Å². The summed E-state index contributed by atoms with van der Waals surface area (Å²) in [5.41, 5.74) is 0.449. The first-order valence-corrected chi connectivity index (χ1v) is 7.80. The summed E-state index contributed by atoms with van der Waals surface area (Å²) in [6.07, 6.45) is 2.93. The van der Waals surface area contributed by atoms with Gasteiger partial charge in [-0.15, -0.1) is 0 Å². The van der Waals surface area contributed by atoms with E-state index >= 15 is 0 Å². The zero-order chi connectivity index (χ0) is 17.5. The molecular formula is C18H14ClN3O3. The molecule has 0 aliphatic rings. The quantitative estimate of drug-likeness (QED) is 0.725. The average Bonchev–Trinajstić information content (AvgIpc) is 2.64. The highest BCUT2D eigenvalue weighted by molar-refractivity contribution is 6.30. The van der Waals surface area contributed by atoms with E-state index in [0.717, 1.165) is 0 Å². The molecule has 0 atom stereocenters. The minimum absolute atomic E-state index is 0.135. The van der Waals surface area contributed by atoms with Crippen LogP contribution in [0, 0.1) is 0 Å². The number of para-hydroxylation sites is 1. The van der Waals surface area contributed by atoms with Crippen LogP contribution in [0.25, 0.3) is 0 Å². The fourth-order valence-corrected chi connectivity index (χ4v) is 2.03. The molecule has 126 valence electrons. The second kappa shape index (κ2) is 8.12. The van der Waals surface area contributed by atoms with Gasteiger partial charge in [-0.3, -0.25) is 4.79 Å². The molecule has 1 aromatic heterocycles. The number of halogens is 1. The van der Waals surface area contributed by atoms with Crippen LogP contribution in [0.2, 0.25) is 5.02 Å². The largest absolute Gasteiger partial charge is 0.484 e. The van der Waals surface area contributed by atoms with E-state index in [4.69, 9.17) is 21.1 Å². The molecule has 0 unspecified atom stereocenters. The van der Waals surface area contributed by atoms with E-state index in [9.17, 15) is 4.79 Å². The third-order valence-electron chi connectivity index (χ3n) is 3.05. The molecule has 0 saturated heterocycles. The van der Waals surface area contributed by atoms with Crippen LogP contribution in [0.3, 0.4) is 0 Å². The third-order valence-corrected chi connectivity index (χ3v) is 3.30. The molecule has 3 aromatic rings. The Morgan fingerprint density at radius 2 is 1.64 bits per heavy atom. The van der Waals surface area contributed by atoms with E-state index < -0.39 is 0 Å². The maximum absolute atomic E-state index is 11.9. The van der Waals surface area contributed by atoms with Crippen LogP contribution in [0.4, 0.5) is 5.69 Å². The molecule has 6 nitrogen and oxygen atoms in total. The number of amides is 1. The lowest BCUT2D eigenvalue weighted by Crippen LogP contribution is -2.20. The normalized spacial score (nSPS) is 10.1. The number of aromatic nitrogens is 2. The van der Waals surface area contributed by atoms with Gasteiger partial charge >= 0.3 is 6.01 Å². The van der Waals surface area contributed by atoms with Crippen molar-refractivity contribution in [2.24, 2.45) is 0 Å². The molecule has 0 aliphatic carbocycles. The van der Waals surface area contributed by atoms with Gasteiger partial charge in [-0.25, -0.2) is 9.97 Å².